The summed E-state index contributed by atoms with van der Waals surface area (Å²) < 4.78 is 1.30. The van der Waals surface area contributed by atoms with E-state index >= 15 is 0 Å². The van der Waals surface area contributed by atoms with Crippen LogP contribution in [0.4, 0.5) is 5.82 Å². The molecule has 0 amide bonds. The van der Waals surface area contributed by atoms with Crippen molar-refractivity contribution in [2.45, 2.75) is 32.8 Å². The lowest BCUT2D eigenvalue weighted by Gasteiger charge is -2.35. The number of aromatic nitrogens is 1. The number of aliphatic hydroxyl groups is 1. The zero-order valence-corrected chi connectivity index (χ0v) is 20.0. The first kappa shape index (κ1) is 24.9. The Balaban J connectivity index is 0.00000160. The number of likely N-dealkylation sites (N-methyl/N-ethyl adjacent to an activating group) is 1. The first-order chi connectivity index (χ1) is 13.6. The maximum Gasteiger partial charge on any atom is 0.138 e. The summed E-state index contributed by atoms with van der Waals surface area (Å²) in [5, 5.41) is 12.9. The quantitative estimate of drug-likeness (QED) is 0.536. The highest BCUT2D eigenvalue weighted by molar-refractivity contribution is 7.17. The molecule has 1 aromatic carbocycles. The largest absolute Gasteiger partial charge is 0.393 e. The number of aryl methyl sites for hydroxylation is 1. The Bertz CT molecular complexity index is 922. The normalized spacial score (nSPS) is 15.5. The summed E-state index contributed by atoms with van der Waals surface area (Å²) in [6.45, 7) is 9.47. The van der Waals surface area contributed by atoms with Gasteiger partial charge in [-0.25, -0.2) is 4.98 Å². The zero-order valence-electron chi connectivity index (χ0n) is 17.6. The maximum atomic E-state index is 9.50. The van der Waals surface area contributed by atoms with E-state index in [1.165, 1.54) is 15.6 Å². The molecule has 1 fully saturated rings. The molecule has 1 N–H and O–H groups in total. The topological polar surface area (TPSA) is 39.6 Å². The van der Waals surface area contributed by atoms with Crippen molar-refractivity contribution in [2.24, 2.45) is 0 Å². The van der Waals surface area contributed by atoms with Crippen molar-refractivity contribution >= 4 is 52.1 Å². The molecule has 1 atom stereocenters. The number of pyridine rings is 1. The number of piperazine rings is 1. The second kappa shape index (κ2) is 11.3. The van der Waals surface area contributed by atoms with Gasteiger partial charge >= 0.3 is 0 Å². The van der Waals surface area contributed by atoms with Crippen LogP contribution in [0.15, 0.2) is 41.8 Å². The predicted molar refractivity (Wildman–Crippen MR) is 134 cm³/mol. The van der Waals surface area contributed by atoms with Gasteiger partial charge in [-0.05, 0) is 49.4 Å². The van der Waals surface area contributed by atoms with Gasteiger partial charge < -0.3 is 14.9 Å². The molecule has 3 aromatic rings. The number of fused-ring (bicyclic) bond motifs is 1. The number of hydrogen-bond acceptors (Lipinski definition) is 5. The number of nitrogens with zero attached hydrogens (tertiary/aromatic N) is 3. The Morgan fingerprint density at radius 3 is 2.40 bits per heavy atom. The minimum absolute atomic E-state index is 0. The molecule has 7 heteroatoms. The number of thiophene rings is 1. The molecule has 1 aliphatic heterocycles. The van der Waals surface area contributed by atoms with Gasteiger partial charge in [-0.3, -0.25) is 0 Å². The Hall–Kier alpha value is -1.37. The molecule has 4 rings (SSSR count). The molecule has 1 aliphatic rings. The third kappa shape index (κ3) is 5.65. The molecule has 0 spiro atoms. The molecular weight excluding hydrogens is 437 g/mol. The highest BCUT2D eigenvalue weighted by Gasteiger charge is 2.20. The molecular formula is C23H31Cl2N3OS. The molecule has 30 heavy (non-hydrogen) atoms. The van der Waals surface area contributed by atoms with Gasteiger partial charge in [-0.15, -0.1) is 36.2 Å². The van der Waals surface area contributed by atoms with Gasteiger partial charge in [-0.2, -0.15) is 0 Å². The SMILES string of the molecule is CCN1CCN(c2nc(-c3ccc(CCC(C)O)cc3)cc3sccc23)CC1.Cl.Cl. The lowest BCUT2D eigenvalue weighted by atomic mass is 10.0. The Morgan fingerprint density at radius 1 is 1.07 bits per heavy atom. The summed E-state index contributed by atoms with van der Waals surface area (Å²) in [4.78, 5) is 10.0. The van der Waals surface area contributed by atoms with E-state index in [0.29, 0.717) is 0 Å². The Labute approximate surface area is 195 Å². The first-order valence-electron chi connectivity index (χ1n) is 10.3. The Morgan fingerprint density at radius 2 is 1.77 bits per heavy atom. The molecule has 0 aliphatic carbocycles. The summed E-state index contributed by atoms with van der Waals surface area (Å²) in [5.41, 5.74) is 3.47. The summed E-state index contributed by atoms with van der Waals surface area (Å²) in [6, 6.07) is 13.1. The monoisotopic (exact) mass is 467 g/mol. The second-order valence-electron chi connectivity index (χ2n) is 7.67. The van der Waals surface area contributed by atoms with E-state index < -0.39 is 0 Å². The summed E-state index contributed by atoms with van der Waals surface area (Å²) in [7, 11) is 0. The lowest BCUT2D eigenvalue weighted by Crippen LogP contribution is -2.46. The van der Waals surface area contributed by atoms with Gasteiger partial charge in [0.2, 0.25) is 0 Å². The van der Waals surface area contributed by atoms with Crippen molar-refractivity contribution in [3.8, 4) is 11.3 Å². The van der Waals surface area contributed by atoms with E-state index in [9.17, 15) is 5.11 Å². The minimum atomic E-state index is -0.252. The molecule has 0 radical (unpaired) electrons. The van der Waals surface area contributed by atoms with Gasteiger partial charge in [0.25, 0.3) is 0 Å². The van der Waals surface area contributed by atoms with Crippen LogP contribution in [0.5, 0.6) is 0 Å². The van der Waals surface area contributed by atoms with E-state index in [1.54, 1.807) is 11.3 Å². The van der Waals surface area contributed by atoms with Crippen LogP contribution in [-0.4, -0.2) is 53.8 Å². The molecule has 1 unspecified atom stereocenters. The average molecular weight is 468 g/mol. The third-order valence-corrected chi connectivity index (χ3v) is 6.51. The van der Waals surface area contributed by atoms with Gasteiger partial charge in [-0.1, -0.05) is 31.2 Å². The van der Waals surface area contributed by atoms with Crippen LogP contribution >= 0.6 is 36.2 Å². The average Bonchev–Trinajstić information content (AvgIpc) is 3.21. The molecule has 1 saturated heterocycles. The van der Waals surface area contributed by atoms with Crippen LogP contribution in [0.2, 0.25) is 0 Å². The van der Waals surface area contributed by atoms with Crippen molar-refractivity contribution in [1.82, 2.24) is 9.88 Å². The van der Waals surface area contributed by atoms with Gasteiger partial charge in [0.15, 0.2) is 0 Å². The van der Waals surface area contributed by atoms with E-state index in [-0.39, 0.29) is 30.9 Å². The molecule has 3 heterocycles. The summed E-state index contributed by atoms with van der Waals surface area (Å²) in [5.74, 6) is 1.13. The molecule has 0 bridgehead atoms. The van der Waals surface area contributed by atoms with Crippen molar-refractivity contribution in [3.63, 3.8) is 0 Å². The third-order valence-electron chi connectivity index (χ3n) is 5.65. The zero-order chi connectivity index (χ0) is 19.5. The predicted octanol–water partition coefficient (Wildman–Crippen LogP) is 5.26. The second-order valence-corrected chi connectivity index (χ2v) is 8.62. The van der Waals surface area contributed by atoms with Crippen LogP contribution < -0.4 is 4.90 Å². The van der Waals surface area contributed by atoms with Crippen molar-refractivity contribution in [2.75, 3.05) is 37.6 Å². The number of aliphatic hydroxyl groups excluding tert-OH is 1. The molecule has 4 nitrogen and oxygen atoms in total. The summed E-state index contributed by atoms with van der Waals surface area (Å²) >= 11 is 1.79. The minimum Gasteiger partial charge on any atom is -0.393 e. The Kier molecular flexibility index (Phi) is 9.38. The standard InChI is InChI=1S/C23H29N3OS.2ClH/c1-3-25-11-13-26(14-12-25)23-20-10-15-28-22(20)16-21(24-23)19-8-6-18(7-9-19)5-4-17(2)27;;/h6-10,15-17,27H,3-5,11-14H2,1-2H3;2*1H. The van der Waals surface area contributed by atoms with Gasteiger partial charge in [0.05, 0.1) is 11.8 Å². The van der Waals surface area contributed by atoms with Crippen molar-refractivity contribution < 1.29 is 5.11 Å². The van der Waals surface area contributed by atoms with Gasteiger partial charge in [0.1, 0.15) is 5.82 Å². The van der Waals surface area contributed by atoms with E-state index in [2.05, 4.69) is 58.5 Å². The highest BCUT2D eigenvalue weighted by Crippen LogP contribution is 2.33. The number of anilines is 1. The van der Waals surface area contributed by atoms with Crippen LogP contribution in [0, 0.1) is 0 Å². The fourth-order valence-corrected chi connectivity index (χ4v) is 4.65. The van der Waals surface area contributed by atoms with Crippen molar-refractivity contribution in [1.29, 1.82) is 0 Å². The molecule has 164 valence electrons. The van der Waals surface area contributed by atoms with Crippen LogP contribution in [0.1, 0.15) is 25.8 Å². The van der Waals surface area contributed by atoms with E-state index in [0.717, 1.165) is 62.6 Å². The van der Waals surface area contributed by atoms with Crippen molar-refractivity contribution in [3.05, 3.63) is 47.3 Å². The number of halogens is 2. The highest BCUT2D eigenvalue weighted by atomic mass is 35.5. The van der Waals surface area contributed by atoms with Crippen LogP contribution in [0.3, 0.4) is 0 Å². The van der Waals surface area contributed by atoms with Gasteiger partial charge in [0, 0.05) is 41.8 Å². The fraction of sp³-hybridized carbons (Fsp3) is 0.435. The number of benzene rings is 1. The van der Waals surface area contributed by atoms with E-state index in [1.807, 2.05) is 6.92 Å². The number of rotatable bonds is 6. The fourth-order valence-electron chi connectivity index (χ4n) is 3.83. The first-order valence-corrected chi connectivity index (χ1v) is 11.1. The van der Waals surface area contributed by atoms with Crippen LogP contribution in [-0.2, 0) is 6.42 Å². The summed E-state index contributed by atoms with van der Waals surface area (Å²) in [6.07, 6.45) is 1.45. The van der Waals surface area contributed by atoms with Crippen LogP contribution in [0.25, 0.3) is 21.3 Å². The smallest absolute Gasteiger partial charge is 0.138 e. The maximum absolute atomic E-state index is 9.50. The molecule has 2 aromatic heterocycles. The lowest BCUT2D eigenvalue weighted by molar-refractivity contribution is 0.185. The number of hydrogen-bond donors (Lipinski definition) is 1. The molecule has 0 saturated carbocycles. The van der Waals surface area contributed by atoms with E-state index in [4.69, 9.17) is 4.98 Å².